The summed E-state index contributed by atoms with van der Waals surface area (Å²) in [5, 5.41) is 3.40. The summed E-state index contributed by atoms with van der Waals surface area (Å²) < 4.78 is 5.19. The molecule has 0 aromatic carbocycles. The summed E-state index contributed by atoms with van der Waals surface area (Å²) in [5.41, 5.74) is 8.10. The van der Waals surface area contributed by atoms with Gasteiger partial charge in [0.1, 0.15) is 12.4 Å². The molecule has 0 radical (unpaired) electrons. The number of methoxy groups -OCH3 is 1. The van der Waals surface area contributed by atoms with Crippen molar-refractivity contribution in [2.24, 2.45) is 5.73 Å². The van der Waals surface area contributed by atoms with Gasteiger partial charge in [-0.15, -0.1) is 24.8 Å². The largest absolute Gasteiger partial charge is 0.377 e. The third-order valence-corrected chi connectivity index (χ3v) is 4.30. The molecule has 8 heteroatoms. The van der Waals surface area contributed by atoms with Gasteiger partial charge in [0.05, 0.1) is 0 Å². The van der Waals surface area contributed by atoms with E-state index in [1.165, 1.54) is 0 Å². The van der Waals surface area contributed by atoms with E-state index in [9.17, 15) is 0 Å². The zero-order valence-electron chi connectivity index (χ0n) is 14.9. The van der Waals surface area contributed by atoms with Crippen molar-refractivity contribution >= 4 is 30.6 Å². The number of hydrogen-bond acceptors (Lipinski definition) is 6. The third-order valence-electron chi connectivity index (χ3n) is 4.30. The van der Waals surface area contributed by atoms with E-state index in [1.807, 2.05) is 18.3 Å². The highest BCUT2D eigenvalue weighted by Gasteiger charge is 2.29. The van der Waals surface area contributed by atoms with Crippen molar-refractivity contribution in [2.75, 3.05) is 19.0 Å². The Morgan fingerprint density at radius 1 is 1.23 bits per heavy atom. The molecule has 3 rings (SSSR count). The highest BCUT2D eigenvalue weighted by atomic mass is 35.5. The molecule has 0 spiro atoms. The van der Waals surface area contributed by atoms with Crippen LogP contribution in [0.25, 0.3) is 0 Å². The monoisotopic (exact) mass is 399 g/mol. The first-order chi connectivity index (χ1) is 11.7. The third kappa shape index (κ3) is 6.36. The topological polar surface area (TPSA) is 86.0 Å². The van der Waals surface area contributed by atoms with Gasteiger partial charge in [-0.25, -0.2) is 9.97 Å². The van der Waals surface area contributed by atoms with E-state index in [0.717, 1.165) is 55.3 Å². The molecule has 144 valence electrons. The normalized spacial score (nSPS) is 18.2. The van der Waals surface area contributed by atoms with E-state index in [0.29, 0.717) is 18.6 Å². The minimum atomic E-state index is 0. The van der Waals surface area contributed by atoms with E-state index in [2.05, 4.69) is 32.4 Å². The number of hydrogen-bond donors (Lipinski definition) is 2. The fourth-order valence-corrected chi connectivity index (χ4v) is 2.95. The molecule has 0 unspecified atom stereocenters. The van der Waals surface area contributed by atoms with Crippen LogP contribution in [0, 0.1) is 0 Å². The predicted octanol–water partition coefficient (Wildman–Crippen LogP) is 3.11. The van der Waals surface area contributed by atoms with Gasteiger partial charge in [0.15, 0.2) is 5.82 Å². The van der Waals surface area contributed by atoms with Crippen LogP contribution in [-0.4, -0.2) is 34.6 Å². The summed E-state index contributed by atoms with van der Waals surface area (Å²) in [6.45, 7) is 1.28. The second-order valence-electron chi connectivity index (χ2n) is 6.31. The summed E-state index contributed by atoms with van der Waals surface area (Å²) in [5.74, 6) is 2.05. The van der Waals surface area contributed by atoms with Crippen LogP contribution in [0.5, 0.6) is 0 Å². The van der Waals surface area contributed by atoms with Crippen LogP contribution in [0.15, 0.2) is 30.5 Å². The lowest BCUT2D eigenvalue weighted by molar-refractivity contribution is 0.177. The molecule has 0 atom stereocenters. The van der Waals surface area contributed by atoms with Gasteiger partial charge < -0.3 is 15.8 Å². The summed E-state index contributed by atoms with van der Waals surface area (Å²) in [4.78, 5) is 13.5. The number of aromatic nitrogens is 3. The molecule has 0 aliphatic heterocycles. The first-order valence-electron chi connectivity index (χ1n) is 8.50. The Kier molecular flexibility index (Phi) is 9.80. The van der Waals surface area contributed by atoms with Gasteiger partial charge >= 0.3 is 0 Å². The smallest absolute Gasteiger partial charge is 0.156 e. The van der Waals surface area contributed by atoms with Gasteiger partial charge in [-0.1, -0.05) is 6.07 Å². The van der Waals surface area contributed by atoms with E-state index in [4.69, 9.17) is 10.5 Å². The van der Waals surface area contributed by atoms with Crippen LogP contribution in [0.2, 0.25) is 0 Å². The number of anilines is 1. The number of aryl methyl sites for hydroxylation is 1. The maximum Gasteiger partial charge on any atom is 0.156 e. The molecule has 0 bridgehead atoms. The molecule has 2 heterocycles. The maximum atomic E-state index is 5.90. The highest BCUT2D eigenvalue weighted by molar-refractivity contribution is 5.85. The lowest BCUT2D eigenvalue weighted by atomic mass is 9.78. The lowest BCUT2D eigenvalue weighted by Gasteiger charge is -2.32. The average Bonchev–Trinajstić information content (AvgIpc) is 2.57. The minimum Gasteiger partial charge on any atom is -0.377 e. The molecule has 1 fully saturated rings. The predicted molar refractivity (Wildman–Crippen MR) is 108 cm³/mol. The van der Waals surface area contributed by atoms with Crippen LogP contribution in [0.3, 0.4) is 0 Å². The molecule has 6 nitrogen and oxygen atoms in total. The Morgan fingerprint density at radius 2 is 2.04 bits per heavy atom. The molecule has 3 N–H and O–H groups in total. The van der Waals surface area contributed by atoms with Crippen molar-refractivity contribution in [3.8, 4) is 0 Å². The molecule has 1 aliphatic rings. The zero-order chi connectivity index (χ0) is 16.8. The van der Waals surface area contributed by atoms with Gasteiger partial charge in [-0.2, -0.15) is 0 Å². The molecule has 0 amide bonds. The van der Waals surface area contributed by atoms with Crippen LogP contribution in [-0.2, 0) is 17.8 Å². The van der Waals surface area contributed by atoms with Crippen LogP contribution in [0.1, 0.15) is 42.4 Å². The van der Waals surface area contributed by atoms with Crippen LogP contribution < -0.4 is 11.1 Å². The quantitative estimate of drug-likeness (QED) is 0.663. The molecule has 26 heavy (non-hydrogen) atoms. The number of pyridine rings is 1. The van der Waals surface area contributed by atoms with E-state index < -0.39 is 0 Å². The Labute approximate surface area is 167 Å². The molecule has 0 saturated heterocycles. The molecule has 2 aromatic rings. The van der Waals surface area contributed by atoms with Crippen molar-refractivity contribution in [1.29, 1.82) is 0 Å². The van der Waals surface area contributed by atoms with Crippen molar-refractivity contribution in [3.63, 3.8) is 0 Å². The second kappa shape index (κ2) is 11.3. The summed E-state index contributed by atoms with van der Waals surface area (Å²) in [6.07, 6.45) is 5.80. The molecule has 1 saturated carbocycles. The van der Waals surface area contributed by atoms with E-state index in [-0.39, 0.29) is 24.8 Å². The highest BCUT2D eigenvalue weighted by Crippen LogP contribution is 2.35. The number of nitrogens with zero attached hydrogens (tertiary/aromatic N) is 3. The fourth-order valence-electron chi connectivity index (χ4n) is 2.95. The van der Waals surface area contributed by atoms with E-state index in [1.54, 1.807) is 7.11 Å². The van der Waals surface area contributed by atoms with Gasteiger partial charge in [0, 0.05) is 49.3 Å². The van der Waals surface area contributed by atoms with Gasteiger partial charge in [0.2, 0.25) is 0 Å². The summed E-state index contributed by atoms with van der Waals surface area (Å²) in [6, 6.07) is 8.38. The number of nitrogens with two attached hydrogens (primary N) is 1. The lowest BCUT2D eigenvalue weighted by Crippen LogP contribution is -2.35. The number of ether oxygens (including phenoxy) is 1. The number of nitrogens with one attached hydrogen (secondary N) is 1. The van der Waals surface area contributed by atoms with Crippen LogP contribution >= 0.6 is 24.8 Å². The van der Waals surface area contributed by atoms with Crippen molar-refractivity contribution in [3.05, 3.63) is 47.7 Å². The maximum absolute atomic E-state index is 5.90. The van der Waals surface area contributed by atoms with Crippen molar-refractivity contribution in [2.45, 2.75) is 44.2 Å². The number of halogens is 2. The first-order valence-corrected chi connectivity index (χ1v) is 8.50. The Morgan fingerprint density at radius 3 is 2.69 bits per heavy atom. The zero-order valence-corrected chi connectivity index (χ0v) is 16.6. The molecule has 1 aliphatic carbocycles. The standard InChI is InChI=1S/C18H25N5O.2ClH/c1-24-12-18-22-16(13-9-14(19)10-13)11-17(23-18)21-8-4-6-15-5-2-3-7-20-15;;/h2-3,5,7,11,13-14H,4,6,8-10,12,19H2,1H3,(H,21,22,23);2*1H. The Balaban J connectivity index is 0.00000169. The first kappa shape index (κ1) is 22.6. The second-order valence-corrected chi connectivity index (χ2v) is 6.31. The average molecular weight is 400 g/mol. The fraction of sp³-hybridized carbons (Fsp3) is 0.500. The summed E-state index contributed by atoms with van der Waals surface area (Å²) >= 11 is 0. The minimum absolute atomic E-state index is 0. The van der Waals surface area contributed by atoms with Gasteiger partial charge in [-0.3, -0.25) is 4.98 Å². The van der Waals surface area contributed by atoms with Crippen molar-refractivity contribution in [1.82, 2.24) is 15.0 Å². The van der Waals surface area contributed by atoms with Gasteiger partial charge in [-0.05, 0) is 37.8 Å². The molecule has 2 aromatic heterocycles. The molecular weight excluding hydrogens is 373 g/mol. The SMILES string of the molecule is COCc1nc(NCCCc2ccccn2)cc(C2CC(N)C2)n1.Cl.Cl. The molecular formula is C18H27Cl2N5O. The van der Waals surface area contributed by atoms with Crippen molar-refractivity contribution < 1.29 is 4.74 Å². The number of rotatable bonds is 8. The van der Waals surface area contributed by atoms with Crippen LogP contribution in [0.4, 0.5) is 5.82 Å². The van der Waals surface area contributed by atoms with E-state index >= 15 is 0 Å². The Hall–Kier alpha value is -1.47. The summed E-state index contributed by atoms with van der Waals surface area (Å²) in [7, 11) is 1.66. The Bertz CT molecular complexity index is 653. The van der Waals surface area contributed by atoms with Gasteiger partial charge in [0.25, 0.3) is 0 Å².